The Morgan fingerprint density at radius 1 is 0.889 bits per heavy atom. The van der Waals surface area contributed by atoms with Gasteiger partial charge in [-0.3, -0.25) is 0 Å². The summed E-state index contributed by atoms with van der Waals surface area (Å²) in [6.07, 6.45) is 0. The van der Waals surface area contributed by atoms with E-state index in [-0.39, 0.29) is 0 Å². The van der Waals surface area contributed by atoms with Crippen LogP contribution in [0.4, 0.5) is 0 Å². The van der Waals surface area contributed by atoms with Gasteiger partial charge in [0.25, 0.3) is 0 Å². The van der Waals surface area contributed by atoms with Crippen molar-refractivity contribution >= 4 is 23.2 Å². The molecule has 0 fully saturated rings. The van der Waals surface area contributed by atoms with Crippen molar-refractivity contribution < 1.29 is 4.74 Å². The first kappa shape index (κ1) is 17.5. The van der Waals surface area contributed by atoms with Gasteiger partial charge in [0, 0.05) is 16.1 Å². The fourth-order valence-electron chi connectivity index (χ4n) is 2.69. The summed E-state index contributed by atoms with van der Waals surface area (Å²) >= 11 is 12.3. The number of hydrogen-bond acceptors (Lipinski definition) is 4. The molecule has 0 radical (unpaired) electrons. The Hall–Kier alpha value is -2.89. The molecule has 5 nitrogen and oxygen atoms in total. The lowest BCUT2D eigenvalue weighted by Crippen LogP contribution is -2.06. The van der Waals surface area contributed by atoms with Gasteiger partial charge in [-0.25, -0.2) is 4.68 Å². The van der Waals surface area contributed by atoms with E-state index < -0.39 is 0 Å². The average Bonchev–Trinajstić information content (AvgIpc) is 3.12. The molecule has 1 heterocycles. The minimum atomic E-state index is 0.435. The van der Waals surface area contributed by atoms with Gasteiger partial charge < -0.3 is 4.74 Å². The third-order valence-corrected chi connectivity index (χ3v) is 4.52. The van der Waals surface area contributed by atoms with E-state index in [1.54, 1.807) is 22.9 Å². The van der Waals surface area contributed by atoms with Crippen LogP contribution in [0.5, 0.6) is 11.5 Å². The summed E-state index contributed by atoms with van der Waals surface area (Å²) < 4.78 is 7.70. The molecular formula is C20H14Cl2N4O. The molecule has 0 N–H and O–H groups in total. The molecule has 1 aromatic heterocycles. The molecule has 0 aliphatic rings. The van der Waals surface area contributed by atoms with Gasteiger partial charge in [-0.2, -0.15) is 0 Å². The van der Waals surface area contributed by atoms with Crippen LogP contribution in [0.3, 0.4) is 0 Å². The second-order valence-electron chi connectivity index (χ2n) is 5.81. The molecule has 0 aliphatic carbocycles. The molecule has 0 spiro atoms. The van der Waals surface area contributed by atoms with Crippen molar-refractivity contribution in [2.24, 2.45) is 0 Å². The molecule has 0 aliphatic heterocycles. The number of rotatable bonds is 5. The molecule has 27 heavy (non-hydrogen) atoms. The molecule has 7 heteroatoms. The van der Waals surface area contributed by atoms with Crippen LogP contribution in [0.1, 0.15) is 5.56 Å². The zero-order valence-corrected chi connectivity index (χ0v) is 15.6. The zero-order valence-electron chi connectivity index (χ0n) is 14.1. The molecule has 0 saturated heterocycles. The monoisotopic (exact) mass is 396 g/mol. The average molecular weight is 397 g/mol. The largest absolute Gasteiger partial charge is 0.457 e. The van der Waals surface area contributed by atoms with Gasteiger partial charge in [-0.1, -0.05) is 59.6 Å². The van der Waals surface area contributed by atoms with Gasteiger partial charge in [0.15, 0.2) is 5.82 Å². The van der Waals surface area contributed by atoms with Crippen LogP contribution >= 0.6 is 23.2 Å². The quantitative estimate of drug-likeness (QED) is 0.447. The highest BCUT2D eigenvalue weighted by Gasteiger charge is 2.15. The molecule has 0 atom stereocenters. The number of ether oxygens (including phenoxy) is 1. The van der Waals surface area contributed by atoms with Crippen molar-refractivity contribution in [1.29, 1.82) is 0 Å². The van der Waals surface area contributed by atoms with Crippen molar-refractivity contribution in [3.63, 3.8) is 0 Å². The molecular weight excluding hydrogens is 383 g/mol. The van der Waals surface area contributed by atoms with Crippen molar-refractivity contribution in [2.45, 2.75) is 6.54 Å². The van der Waals surface area contributed by atoms with Crippen molar-refractivity contribution in [3.05, 3.63) is 88.4 Å². The second-order valence-corrected chi connectivity index (χ2v) is 6.65. The minimum Gasteiger partial charge on any atom is -0.457 e. The Bertz CT molecular complexity index is 1070. The smallest absolute Gasteiger partial charge is 0.183 e. The Morgan fingerprint density at radius 2 is 1.67 bits per heavy atom. The predicted molar refractivity (Wildman–Crippen MR) is 105 cm³/mol. The highest BCUT2D eigenvalue weighted by Crippen LogP contribution is 2.30. The summed E-state index contributed by atoms with van der Waals surface area (Å²) in [7, 11) is 0. The molecule has 134 valence electrons. The number of tetrazole rings is 1. The van der Waals surface area contributed by atoms with Crippen molar-refractivity contribution in [3.8, 4) is 22.9 Å². The van der Waals surface area contributed by atoms with Crippen molar-refractivity contribution in [1.82, 2.24) is 20.2 Å². The van der Waals surface area contributed by atoms with Crippen LogP contribution < -0.4 is 4.74 Å². The fourth-order valence-corrected chi connectivity index (χ4v) is 3.18. The Kier molecular flexibility index (Phi) is 5.05. The minimum absolute atomic E-state index is 0.435. The van der Waals surface area contributed by atoms with Gasteiger partial charge in [0.1, 0.15) is 11.5 Å². The number of aromatic nitrogens is 4. The van der Waals surface area contributed by atoms with E-state index in [0.29, 0.717) is 28.0 Å². The summed E-state index contributed by atoms with van der Waals surface area (Å²) in [5.41, 5.74) is 1.66. The first-order valence-electron chi connectivity index (χ1n) is 8.23. The summed E-state index contributed by atoms with van der Waals surface area (Å²) in [5.74, 6) is 2.07. The third-order valence-electron chi connectivity index (χ3n) is 3.97. The molecule has 4 aromatic rings. The molecule has 0 saturated carbocycles. The summed E-state index contributed by atoms with van der Waals surface area (Å²) in [6, 6.07) is 22.6. The SMILES string of the molecule is Clc1ccc(-c2nnnn2Cc2ccccc2Oc2ccccc2)c(Cl)c1. The van der Waals surface area contributed by atoms with Crippen LogP contribution in [0.15, 0.2) is 72.8 Å². The lowest BCUT2D eigenvalue weighted by atomic mass is 10.2. The number of benzene rings is 3. The van der Waals surface area contributed by atoms with E-state index in [4.69, 9.17) is 27.9 Å². The van der Waals surface area contributed by atoms with E-state index in [0.717, 1.165) is 17.1 Å². The molecule has 0 unspecified atom stereocenters. The van der Waals surface area contributed by atoms with E-state index in [1.165, 1.54) is 0 Å². The summed E-state index contributed by atoms with van der Waals surface area (Å²) in [4.78, 5) is 0. The first-order valence-corrected chi connectivity index (χ1v) is 8.99. The summed E-state index contributed by atoms with van der Waals surface area (Å²) in [6.45, 7) is 0.435. The number of hydrogen-bond donors (Lipinski definition) is 0. The van der Waals surface area contributed by atoms with Crippen LogP contribution in [0, 0.1) is 0 Å². The van der Waals surface area contributed by atoms with Gasteiger partial charge in [0.05, 0.1) is 11.6 Å². The van der Waals surface area contributed by atoms with Crippen LogP contribution in [-0.2, 0) is 6.54 Å². The van der Waals surface area contributed by atoms with Crippen molar-refractivity contribution in [2.75, 3.05) is 0 Å². The highest BCUT2D eigenvalue weighted by atomic mass is 35.5. The molecule has 4 rings (SSSR count). The molecule has 0 bridgehead atoms. The van der Waals surface area contributed by atoms with Gasteiger partial charge in [-0.15, -0.1) is 5.10 Å². The van der Waals surface area contributed by atoms with E-state index in [2.05, 4.69) is 15.5 Å². The number of halogens is 2. The standard InChI is InChI=1S/C20H14Cl2N4O/c21-15-10-11-17(18(22)12-15)20-23-24-25-26(20)13-14-6-4-5-9-19(14)27-16-7-2-1-3-8-16/h1-12H,13H2. The van der Waals surface area contributed by atoms with E-state index in [9.17, 15) is 0 Å². The maximum atomic E-state index is 6.32. The van der Waals surface area contributed by atoms with Crippen LogP contribution in [0.25, 0.3) is 11.4 Å². The highest BCUT2D eigenvalue weighted by molar-refractivity contribution is 6.36. The van der Waals surface area contributed by atoms with E-state index >= 15 is 0 Å². The zero-order chi connectivity index (χ0) is 18.6. The summed E-state index contributed by atoms with van der Waals surface area (Å²) in [5, 5.41) is 13.1. The first-order chi connectivity index (χ1) is 13.2. The van der Waals surface area contributed by atoms with Crippen LogP contribution in [-0.4, -0.2) is 20.2 Å². The second kappa shape index (κ2) is 7.78. The normalized spacial score (nSPS) is 10.7. The van der Waals surface area contributed by atoms with Gasteiger partial charge >= 0.3 is 0 Å². The lowest BCUT2D eigenvalue weighted by Gasteiger charge is -2.12. The number of nitrogens with zero attached hydrogens (tertiary/aromatic N) is 4. The van der Waals surface area contributed by atoms with E-state index in [1.807, 2.05) is 54.6 Å². The van der Waals surface area contributed by atoms with Crippen LogP contribution in [0.2, 0.25) is 10.0 Å². The maximum Gasteiger partial charge on any atom is 0.183 e. The molecule has 3 aromatic carbocycles. The fraction of sp³-hybridized carbons (Fsp3) is 0.0500. The Labute approximate surface area is 166 Å². The van der Waals surface area contributed by atoms with Gasteiger partial charge in [-0.05, 0) is 46.8 Å². The topological polar surface area (TPSA) is 52.8 Å². The Morgan fingerprint density at radius 3 is 2.48 bits per heavy atom. The van der Waals surface area contributed by atoms with Gasteiger partial charge in [0.2, 0.25) is 0 Å². The maximum absolute atomic E-state index is 6.32. The lowest BCUT2D eigenvalue weighted by molar-refractivity contribution is 0.471. The molecule has 0 amide bonds. The third kappa shape index (κ3) is 3.94. The predicted octanol–water partition coefficient (Wildman–Crippen LogP) is 5.49. The number of para-hydroxylation sites is 2. The Balaban J connectivity index is 1.66.